The highest BCUT2D eigenvalue weighted by molar-refractivity contribution is 7.16. The second-order valence-corrected chi connectivity index (χ2v) is 4.22. The van der Waals surface area contributed by atoms with E-state index in [1.807, 2.05) is 0 Å². The first kappa shape index (κ1) is 12.2. The van der Waals surface area contributed by atoms with E-state index in [-0.39, 0.29) is 12.5 Å². The fourth-order valence-electron chi connectivity index (χ4n) is 1.15. The molecule has 0 fully saturated rings. The summed E-state index contributed by atoms with van der Waals surface area (Å²) in [5.41, 5.74) is 5.26. The molecular formula is C10H10N6OS. The molecule has 0 unspecified atom stereocenters. The molecule has 0 saturated carbocycles. The van der Waals surface area contributed by atoms with Gasteiger partial charge in [-0.05, 0) is 0 Å². The van der Waals surface area contributed by atoms with Crippen LogP contribution in [0.25, 0.3) is 0 Å². The molecule has 2 heterocycles. The summed E-state index contributed by atoms with van der Waals surface area (Å²) >= 11 is 1.30. The minimum atomic E-state index is -0.215. The van der Waals surface area contributed by atoms with Gasteiger partial charge in [0.15, 0.2) is 5.13 Å². The van der Waals surface area contributed by atoms with Gasteiger partial charge in [-0.25, -0.2) is 9.67 Å². The van der Waals surface area contributed by atoms with Gasteiger partial charge in [-0.3, -0.25) is 4.79 Å². The van der Waals surface area contributed by atoms with Gasteiger partial charge in [0, 0.05) is 6.20 Å². The van der Waals surface area contributed by atoms with Crippen molar-refractivity contribution in [3.63, 3.8) is 0 Å². The topological polar surface area (TPSA) is 98.7 Å². The van der Waals surface area contributed by atoms with E-state index in [4.69, 9.17) is 5.73 Å². The number of hydrogen-bond acceptors (Lipinski definition) is 6. The molecule has 92 valence electrons. The fourth-order valence-corrected chi connectivity index (χ4v) is 1.86. The second-order valence-electron chi connectivity index (χ2n) is 3.18. The van der Waals surface area contributed by atoms with E-state index in [1.165, 1.54) is 22.2 Å². The van der Waals surface area contributed by atoms with Crippen LogP contribution in [0.2, 0.25) is 0 Å². The van der Waals surface area contributed by atoms with Crippen LogP contribution in [-0.2, 0) is 11.3 Å². The first-order valence-electron chi connectivity index (χ1n) is 5.06. The highest BCUT2D eigenvalue weighted by Crippen LogP contribution is 2.16. The Balaban J connectivity index is 1.93. The van der Waals surface area contributed by atoms with Crippen molar-refractivity contribution in [2.24, 2.45) is 5.73 Å². The molecule has 0 aromatic carbocycles. The van der Waals surface area contributed by atoms with E-state index < -0.39 is 0 Å². The van der Waals surface area contributed by atoms with Crippen LogP contribution in [0.5, 0.6) is 0 Å². The Kier molecular flexibility index (Phi) is 4.01. The van der Waals surface area contributed by atoms with Crippen molar-refractivity contribution in [3.8, 4) is 11.8 Å². The Morgan fingerprint density at radius 3 is 3.22 bits per heavy atom. The van der Waals surface area contributed by atoms with Crippen LogP contribution < -0.4 is 11.1 Å². The van der Waals surface area contributed by atoms with Crippen LogP contribution in [0.1, 0.15) is 4.88 Å². The molecule has 0 aliphatic heterocycles. The number of amides is 1. The van der Waals surface area contributed by atoms with Gasteiger partial charge in [0.05, 0.1) is 23.8 Å². The number of nitrogens with zero attached hydrogens (tertiary/aromatic N) is 4. The number of rotatable bonds is 3. The third-order valence-electron chi connectivity index (χ3n) is 1.84. The molecule has 2 aromatic heterocycles. The SMILES string of the molecule is NCC#Cc1cnc(NC(=O)Cn2ccnn2)s1. The van der Waals surface area contributed by atoms with Crippen LogP contribution in [0.3, 0.4) is 0 Å². The average Bonchev–Trinajstić information content (AvgIpc) is 2.98. The summed E-state index contributed by atoms with van der Waals surface area (Å²) in [7, 11) is 0. The fraction of sp³-hybridized carbons (Fsp3) is 0.200. The number of carbonyl (C=O) groups excluding carboxylic acids is 1. The van der Waals surface area contributed by atoms with Crippen molar-refractivity contribution in [3.05, 3.63) is 23.5 Å². The summed E-state index contributed by atoms with van der Waals surface area (Å²) < 4.78 is 1.43. The summed E-state index contributed by atoms with van der Waals surface area (Å²) in [6.45, 7) is 0.398. The molecule has 0 saturated heterocycles. The smallest absolute Gasteiger partial charge is 0.247 e. The Morgan fingerprint density at radius 1 is 1.61 bits per heavy atom. The van der Waals surface area contributed by atoms with Crippen LogP contribution in [0.4, 0.5) is 5.13 Å². The Morgan fingerprint density at radius 2 is 2.50 bits per heavy atom. The van der Waals surface area contributed by atoms with Gasteiger partial charge < -0.3 is 11.1 Å². The number of aromatic nitrogens is 4. The predicted octanol–water partition coefficient (Wildman–Crippen LogP) is -0.317. The first-order chi connectivity index (χ1) is 8.78. The minimum Gasteiger partial charge on any atom is -0.320 e. The summed E-state index contributed by atoms with van der Waals surface area (Å²) in [5, 5.41) is 10.5. The Labute approximate surface area is 107 Å². The van der Waals surface area contributed by atoms with Gasteiger partial charge in [-0.2, -0.15) is 0 Å². The summed E-state index contributed by atoms with van der Waals surface area (Å²) in [6.07, 6.45) is 4.72. The van der Waals surface area contributed by atoms with Crippen molar-refractivity contribution in [2.75, 3.05) is 11.9 Å². The standard InChI is InChI=1S/C10H10N6OS/c11-3-1-2-8-6-12-10(18-8)14-9(17)7-16-5-4-13-15-16/h4-6H,3,7,11H2,(H,12,14,17). The minimum absolute atomic E-state index is 0.101. The van der Waals surface area contributed by atoms with E-state index in [0.29, 0.717) is 11.7 Å². The summed E-state index contributed by atoms with van der Waals surface area (Å²) in [4.78, 5) is 16.4. The van der Waals surface area contributed by atoms with Crippen molar-refractivity contribution >= 4 is 22.4 Å². The maximum Gasteiger partial charge on any atom is 0.247 e. The molecule has 7 nitrogen and oxygen atoms in total. The van der Waals surface area contributed by atoms with Gasteiger partial charge >= 0.3 is 0 Å². The summed E-state index contributed by atoms with van der Waals surface area (Å²) in [5.74, 6) is 5.35. The van der Waals surface area contributed by atoms with Gasteiger partial charge in [-0.1, -0.05) is 28.4 Å². The number of hydrogen-bond donors (Lipinski definition) is 2. The lowest BCUT2D eigenvalue weighted by atomic mass is 10.5. The van der Waals surface area contributed by atoms with Gasteiger partial charge in [0.2, 0.25) is 5.91 Å². The van der Waals surface area contributed by atoms with E-state index >= 15 is 0 Å². The van der Waals surface area contributed by atoms with Gasteiger partial charge in [0.1, 0.15) is 6.54 Å². The molecule has 0 bridgehead atoms. The van der Waals surface area contributed by atoms with Crippen molar-refractivity contribution in [1.29, 1.82) is 0 Å². The van der Waals surface area contributed by atoms with E-state index in [9.17, 15) is 4.79 Å². The molecule has 0 spiro atoms. The van der Waals surface area contributed by atoms with E-state index in [0.717, 1.165) is 4.88 Å². The van der Waals surface area contributed by atoms with Crippen LogP contribution in [0.15, 0.2) is 18.6 Å². The number of nitrogens with one attached hydrogen (secondary N) is 1. The lowest BCUT2D eigenvalue weighted by Crippen LogP contribution is -2.18. The molecule has 0 aliphatic carbocycles. The van der Waals surface area contributed by atoms with E-state index in [1.54, 1.807) is 12.4 Å². The first-order valence-corrected chi connectivity index (χ1v) is 5.88. The average molecular weight is 262 g/mol. The maximum absolute atomic E-state index is 11.6. The van der Waals surface area contributed by atoms with Crippen molar-refractivity contribution < 1.29 is 4.79 Å². The number of nitrogens with two attached hydrogens (primary N) is 1. The number of thiazole rings is 1. The predicted molar refractivity (Wildman–Crippen MR) is 66.7 cm³/mol. The third-order valence-corrected chi connectivity index (χ3v) is 2.67. The molecule has 18 heavy (non-hydrogen) atoms. The van der Waals surface area contributed by atoms with Gasteiger partial charge in [-0.15, -0.1) is 5.10 Å². The molecule has 3 N–H and O–H groups in total. The Hall–Kier alpha value is -2.24. The molecule has 8 heteroatoms. The molecule has 0 atom stereocenters. The quantitative estimate of drug-likeness (QED) is 0.739. The highest BCUT2D eigenvalue weighted by atomic mass is 32.1. The van der Waals surface area contributed by atoms with Crippen molar-refractivity contribution in [1.82, 2.24) is 20.0 Å². The van der Waals surface area contributed by atoms with Crippen LogP contribution in [-0.4, -0.2) is 32.4 Å². The van der Waals surface area contributed by atoms with Crippen LogP contribution >= 0.6 is 11.3 Å². The monoisotopic (exact) mass is 262 g/mol. The number of anilines is 1. The molecule has 1 amide bonds. The lowest BCUT2D eigenvalue weighted by molar-refractivity contribution is -0.116. The largest absolute Gasteiger partial charge is 0.320 e. The maximum atomic E-state index is 11.6. The number of carbonyl (C=O) groups is 1. The molecule has 0 radical (unpaired) electrons. The molecular weight excluding hydrogens is 252 g/mol. The second kappa shape index (κ2) is 5.90. The zero-order valence-electron chi connectivity index (χ0n) is 9.33. The summed E-state index contributed by atoms with van der Waals surface area (Å²) in [6, 6.07) is 0. The Bertz CT molecular complexity index is 579. The third kappa shape index (κ3) is 3.38. The van der Waals surface area contributed by atoms with Crippen molar-refractivity contribution in [2.45, 2.75) is 6.54 Å². The lowest BCUT2D eigenvalue weighted by Gasteiger charge is -2.00. The zero-order chi connectivity index (χ0) is 12.8. The van der Waals surface area contributed by atoms with E-state index in [2.05, 4.69) is 32.5 Å². The normalized spacial score (nSPS) is 9.61. The highest BCUT2D eigenvalue weighted by Gasteiger charge is 2.06. The van der Waals surface area contributed by atoms with Gasteiger partial charge in [0.25, 0.3) is 0 Å². The molecule has 2 rings (SSSR count). The molecule has 2 aromatic rings. The zero-order valence-corrected chi connectivity index (χ0v) is 10.1. The van der Waals surface area contributed by atoms with Crippen LogP contribution in [0, 0.1) is 11.8 Å². The molecule has 0 aliphatic rings.